The molecule has 23 heteroatoms. The largest absolute Gasteiger partial charge is 0.460 e. The third kappa shape index (κ3) is 3.88. The average Bonchev–Trinajstić information content (AvgIpc) is 2.57. The zero-order chi connectivity index (χ0) is 28.6. The molecule has 0 rings (SSSR count). The third-order valence-corrected chi connectivity index (χ3v) is 3.82. The van der Waals surface area contributed by atoms with Crippen molar-refractivity contribution in [2.75, 3.05) is 0 Å². The van der Waals surface area contributed by atoms with E-state index in [-0.39, 0.29) is 0 Å². The Morgan fingerprint density at radius 1 is 0.382 bits per heavy atom. The van der Waals surface area contributed by atoms with Gasteiger partial charge in [0.2, 0.25) is 6.17 Å². The molecule has 0 bridgehead atoms. The highest BCUT2D eigenvalue weighted by Crippen LogP contribution is 2.64. The zero-order valence-electron chi connectivity index (χ0n) is 14.4. The second kappa shape index (κ2) is 7.72. The van der Waals surface area contributed by atoms with Gasteiger partial charge < -0.3 is 10.2 Å². The van der Waals surface area contributed by atoms with Crippen LogP contribution in [0.1, 0.15) is 0 Å². The van der Waals surface area contributed by atoms with Crippen LogP contribution >= 0.6 is 0 Å². The molecule has 34 heavy (non-hydrogen) atoms. The van der Waals surface area contributed by atoms with Crippen molar-refractivity contribution < 1.29 is 102 Å². The fraction of sp³-hybridized carbons (Fsp3) is 1.00. The smallest absolute Gasteiger partial charge is 0.353 e. The Balaban J connectivity index is 6.96. The summed E-state index contributed by atoms with van der Waals surface area (Å²) in [5, 5.41) is 15.6. The van der Waals surface area contributed by atoms with Gasteiger partial charge in [0.25, 0.3) is 0 Å². The SMILES string of the molecule is OC(F)(F)C(O)(F)C(F)C(F)(F)C(F)(F)C(F)(F)C(F)(F)C(F)(F)C(F)(F)C(F)(F)C(F)(F)F. The molecule has 0 saturated carbocycles. The molecule has 2 atom stereocenters. The molecule has 0 saturated heterocycles. The van der Waals surface area contributed by atoms with Gasteiger partial charge in [-0.05, 0) is 0 Å². The van der Waals surface area contributed by atoms with Crippen molar-refractivity contribution in [3.05, 3.63) is 0 Å². The molecule has 2 nitrogen and oxygen atoms in total. The first-order chi connectivity index (χ1) is 14.2. The normalized spacial score (nSPS) is 19.1. The Kier molecular flexibility index (Phi) is 7.37. The predicted octanol–water partition coefficient (Wildman–Crippen LogP) is 5.58. The van der Waals surface area contributed by atoms with Crippen molar-refractivity contribution in [2.24, 2.45) is 0 Å². The molecule has 0 aliphatic rings. The number of halogens is 21. The van der Waals surface area contributed by atoms with Crippen LogP contribution in [0.4, 0.5) is 92.2 Å². The topological polar surface area (TPSA) is 40.5 Å². The van der Waals surface area contributed by atoms with Crippen LogP contribution in [0.2, 0.25) is 0 Å². The number of aliphatic hydroxyl groups is 2. The van der Waals surface area contributed by atoms with E-state index >= 15 is 0 Å². The molecule has 0 fully saturated rings. The van der Waals surface area contributed by atoms with Crippen molar-refractivity contribution in [1.29, 1.82) is 0 Å². The van der Waals surface area contributed by atoms with E-state index in [1.54, 1.807) is 0 Å². The molecular formula is C11H3F21O2. The maximum absolute atomic E-state index is 13.3. The minimum atomic E-state index is -9.17. The van der Waals surface area contributed by atoms with E-state index in [1.807, 2.05) is 0 Å². The van der Waals surface area contributed by atoms with Gasteiger partial charge in [0.15, 0.2) is 0 Å². The summed E-state index contributed by atoms with van der Waals surface area (Å²) in [6.45, 7) is 0. The van der Waals surface area contributed by atoms with Crippen LogP contribution in [0, 0.1) is 0 Å². The van der Waals surface area contributed by atoms with Crippen LogP contribution in [0.5, 0.6) is 0 Å². The Morgan fingerprint density at radius 2 is 0.618 bits per heavy atom. The molecule has 0 heterocycles. The van der Waals surface area contributed by atoms with Gasteiger partial charge >= 0.3 is 59.6 Å². The Hall–Kier alpha value is -1.55. The number of hydrogen-bond acceptors (Lipinski definition) is 2. The van der Waals surface area contributed by atoms with Gasteiger partial charge in [-0.1, -0.05) is 0 Å². The van der Waals surface area contributed by atoms with E-state index in [9.17, 15) is 92.2 Å². The Morgan fingerprint density at radius 3 is 0.853 bits per heavy atom. The standard InChI is InChI=1S/C11H3F21O2/c12-1(3(15,33)11(31,32)34)2(13,14)4(16,17)5(18,19)6(20,21)7(22,23)8(24,25)9(26,27)10(28,29)30/h1,33-34H. The fourth-order valence-electron chi connectivity index (χ4n) is 1.73. The van der Waals surface area contributed by atoms with E-state index in [4.69, 9.17) is 10.2 Å². The molecule has 0 aromatic rings. The first kappa shape index (κ1) is 32.4. The second-order valence-corrected chi connectivity index (χ2v) is 6.14. The first-order valence-corrected chi connectivity index (χ1v) is 7.02. The number of alkyl halides is 21. The summed E-state index contributed by atoms with van der Waals surface area (Å²) in [5.41, 5.74) is 0. The quantitative estimate of drug-likeness (QED) is 0.359. The van der Waals surface area contributed by atoms with Crippen LogP contribution in [0.25, 0.3) is 0 Å². The lowest BCUT2D eigenvalue weighted by Crippen LogP contribution is -2.76. The lowest BCUT2D eigenvalue weighted by Gasteiger charge is -2.44. The van der Waals surface area contributed by atoms with E-state index < -0.39 is 65.8 Å². The molecule has 0 spiro atoms. The summed E-state index contributed by atoms with van der Waals surface area (Å²) in [6, 6.07) is 0. The molecule has 206 valence electrons. The lowest BCUT2D eigenvalue weighted by atomic mass is 9.86. The van der Waals surface area contributed by atoms with Gasteiger partial charge in [-0.15, -0.1) is 0 Å². The molecule has 0 radical (unpaired) electrons. The van der Waals surface area contributed by atoms with Crippen molar-refractivity contribution in [3.63, 3.8) is 0 Å². The third-order valence-electron chi connectivity index (χ3n) is 3.82. The summed E-state index contributed by atoms with van der Waals surface area (Å²) in [6.07, 6.45) is -21.7. The van der Waals surface area contributed by atoms with Crippen molar-refractivity contribution in [2.45, 2.75) is 65.8 Å². The zero-order valence-corrected chi connectivity index (χ0v) is 14.4. The predicted molar refractivity (Wildman–Crippen MR) is 58.8 cm³/mol. The highest BCUT2D eigenvalue weighted by atomic mass is 19.4. The fourth-order valence-corrected chi connectivity index (χ4v) is 1.73. The van der Waals surface area contributed by atoms with Gasteiger partial charge in [0, 0.05) is 0 Å². The van der Waals surface area contributed by atoms with Gasteiger partial charge in [0.05, 0.1) is 0 Å². The van der Waals surface area contributed by atoms with Gasteiger partial charge in [-0.2, -0.15) is 87.8 Å². The van der Waals surface area contributed by atoms with Gasteiger partial charge in [-0.3, -0.25) is 0 Å². The number of rotatable bonds is 9. The van der Waals surface area contributed by atoms with Crippen molar-refractivity contribution >= 4 is 0 Å². The van der Waals surface area contributed by atoms with Crippen LogP contribution in [-0.2, 0) is 0 Å². The van der Waals surface area contributed by atoms with E-state index in [1.165, 1.54) is 0 Å². The van der Waals surface area contributed by atoms with Crippen LogP contribution < -0.4 is 0 Å². The van der Waals surface area contributed by atoms with Crippen molar-refractivity contribution in [3.8, 4) is 0 Å². The molecule has 0 aliphatic heterocycles. The first-order valence-electron chi connectivity index (χ1n) is 7.02. The molecule has 2 unspecified atom stereocenters. The highest BCUT2D eigenvalue weighted by molar-refractivity contribution is 5.16. The Bertz CT molecular complexity index is 743. The highest BCUT2D eigenvalue weighted by Gasteiger charge is 2.96. The summed E-state index contributed by atoms with van der Waals surface area (Å²) in [4.78, 5) is 0. The van der Waals surface area contributed by atoms with E-state index in [0.717, 1.165) is 0 Å². The maximum Gasteiger partial charge on any atom is 0.460 e. The lowest BCUT2D eigenvalue weighted by molar-refractivity contribution is -0.469. The van der Waals surface area contributed by atoms with Gasteiger partial charge in [0.1, 0.15) is 0 Å². The monoisotopic (exact) mass is 566 g/mol. The Labute approximate surface area is 169 Å². The number of hydrogen-bond donors (Lipinski definition) is 2. The summed E-state index contributed by atoms with van der Waals surface area (Å²) in [5.74, 6) is -69.0. The van der Waals surface area contributed by atoms with Crippen LogP contribution in [0.3, 0.4) is 0 Å². The van der Waals surface area contributed by atoms with Crippen LogP contribution in [-0.4, -0.2) is 76.0 Å². The molecule has 0 aliphatic carbocycles. The second-order valence-electron chi connectivity index (χ2n) is 6.14. The molecule has 0 aromatic heterocycles. The molecule has 0 amide bonds. The average molecular weight is 566 g/mol. The molecular weight excluding hydrogens is 563 g/mol. The molecule has 0 aromatic carbocycles. The summed E-state index contributed by atoms with van der Waals surface area (Å²) >= 11 is 0. The van der Waals surface area contributed by atoms with Gasteiger partial charge in [-0.25, -0.2) is 4.39 Å². The summed E-state index contributed by atoms with van der Waals surface area (Å²) in [7, 11) is 0. The van der Waals surface area contributed by atoms with E-state index in [2.05, 4.69) is 0 Å². The van der Waals surface area contributed by atoms with Crippen LogP contribution in [0.15, 0.2) is 0 Å². The maximum atomic E-state index is 13.3. The van der Waals surface area contributed by atoms with Crippen molar-refractivity contribution in [1.82, 2.24) is 0 Å². The summed E-state index contributed by atoms with van der Waals surface area (Å²) < 4.78 is 269. The molecule has 2 N–H and O–H groups in total. The van der Waals surface area contributed by atoms with E-state index in [0.29, 0.717) is 0 Å². The minimum Gasteiger partial charge on any atom is -0.353 e. The minimum absolute atomic E-state index is 6.71.